The smallest absolute Gasteiger partial charge is 0.287 e. The molecule has 0 spiro atoms. The Morgan fingerprint density at radius 2 is 2.00 bits per heavy atom. The number of hydrogen-bond donors (Lipinski definition) is 1. The Kier molecular flexibility index (Phi) is 5.36. The second-order valence-corrected chi connectivity index (χ2v) is 4.30. The van der Waals surface area contributed by atoms with Crippen molar-refractivity contribution in [1.82, 2.24) is 4.72 Å². The summed E-state index contributed by atoms with van der Waals surface area (Å²) in [6, 6.07) is 7.49. The quantitative estimate of drug-likeness (QED) is 0.758. The Morgan fingerprint density at radius 1 is 1.33 bits per heavy atom. The lowest BCUT2D eigenvalue weighted by atomic mass is 10.2. The SMILES string of the molecule is CCCCNS(=O)Oc1ccc(C)cc1. The summed E-state index contributed by atoms with van der Waals surface area (Å²) in [4.78, 5) is 0. The van der Waals surface area contributed by atoms with Crippen LogP contribution in [-0.4, -0.2) is 10.8 Å². The van der Waals surface area contributed by atoms with Gasteiger partial charge in [-0.05, 0) is 25.5 Å². The summed E-state index contributed by atoms with van der Waals surface area (Å²) in [7, 11) is 0. The van der Waals surface area contributed by atoms with Crippen LogP contribution in [0, 0.1) is 6.92 Å². The number of nitrogens with one attached hydrogen (secondary N) is 1. The van der Waals surface area contributed by atoms with Crippen LogP contribution >= 0.6 is 0 Å². The van der Waals surface area contributed by atoms with E-state index in [9.17, 15) is 4.21 Å². The van der Waals surface area contributed by atoms with E-state index in [-0.39, 0.29) is 0 Å². The van der Waals surface area contributed by atoms with Gasteiger partial charge < -0.3 is 4.18 Å². The summed E-state index contributed by atoms with van der Waals surface area (Å²) in [5.41, 5.74) is 1.16. The van der Waals surface area contributed by atoms with E-state index in [1.54, 1.807) is 0 Å². The molecule has 0 radical (unpaired) electrons. The number of hydrogen-bond acceptors (Lipinski definition) is 2. The van der Waals surface area contributed by atoms with Crippen molar-refractivity contribution >= 4 is 11.3 Å². The van der Waals surface area contributed by atoms with Crippen LogP contribution in [0.3, 0.4) is 0 Å². The zero-order valence-electron chi connectivity index (χ0n) is 9.16. The van der Waals surface area contributed by atoms with Gasteiger partial charge in [0.15, 0.2) is 0 Å². The fourth-order valence-electron chi connectivity index (χ4n) is 1.04. The molecular weight excluding hydrogens is 210 g/mol. The van der Waals surface area contributed by atoms with Gasteiger partial charge in [-0.15, -0.1) is 0 Å². The third kappa shape index (κ3) is 4.95. The fourth-order valence-corrected chi connectivity index (χ4v) is 1.70. The molecule has 0 fully saturated rings. The number of rotatable bonds is 6. The van der Waals surface area contributed by atoms with Gasteiger partial charge in [0.2, 0.25) is 0 Å². The molecule has 0 aromatic heterocycles. The maximum atomic E-state index is 11.3. The third-order valence-electron chi connectivity index (χ3n) is 1.94. The average Bonchev–Trinajstić information content (AvgIpc) is 2.22. The van der Waals surface area contributed by atoms with E-state index >= 15 is 0 Å². The Labute approximate surface area is 93.6 Å². The van der Waals surface area contributed by atoms with Gasteiger partial charge >= 0.3 is 0 Å². The zero-order chi connectivity index (χ0) is 11.1. The first-order valence-corrected chi connectivity index (χ1v) is 6.20. The molecule has 0 bridgehead atoms. The standard InChI is InChI=1S/C11H17NO2S/c1-3-4-9-12-15(13)14-11-7-5-10(2)6-8-11/h5-8,12H,3-4,9H2,1-2H3. The summed E-state index contributed by atoms with van der Waals surface area (Å²) in [6.45, 7) is 4.81. The lowest BCUT2D eigenvalue weighted by Gasteiger charge is -2.05. The highest BCUT2D eigenvalue weighted by atomic mass is 32.2. The number of unbranched alkanes of at least 4 members (excludes halogenated alkanes) is 1. The Hall–Kier alpha value is -0.870. The highest BCUT2D eigenvalue weighted by Gasteiger charge is 2.00. The molecule has 0 saturated heterocycles. The highest BCUT2D eigenvalue weighted by Crippen LogP contribution is 2.11. The summed E-state index contributed by atoms with van der Waals surface area (Å²) in [5, 5.41) is 0. The van der Waals surface area contributed by atoms with E-state index in [1.807, 2.05) is 31.2 Å². The first-order valence-electron chi connectivity index (χ1n) is 5.12. The molecule has 0 aliphatic rings. The molecule has 0 heterocycles. The van der Waals surface area contributed by atoms with Crippen molar-refractivity contribution in [2.45, 2.75) is 26.7 Å². The molecule has 1 unspecified atom stereocenters. The minimum atomic E-state index is -1.43. The van der Waals surface area contributed by atoms with E-state index in [0.717, 1.165) is 24.9 Å². The molecule has 0 saturated carbocycles. The first kappa shape index (κ1) is 12.2. The van der Waals surface area contributed by atoms with E-state index in [1.165, 1.54) is 0 Å². The van der Waals surface area contributed by atoms with Crippen LogP contribution in [0.4, 0.5) is 0 Å². The van der Waals surface area contributed by atoms with Gasteiger partial charge in [0.05, 0.1) is 0 Å². The molecule has 0 aliphatic heterocycles. The van der Waals surface area contributed by atoms with Crippen molar-refractivity contribution < 1.29 is 8.39 Å². The van der Waals surface area contributed by atoms with Crippen molar-refractivity contribution in [2.24, 2.45) is 0 Å². The lowest BCUT2D eigenvalue weighted by molar-refractivity contribution is 0.545. The number of benzene rings is 1. The minimum Gasteiger partial charge on any atom is -0.389 e. The molecule has 0 aliphatic carbocycles. The van der Waals surface area contributed by atoms with E-state index in [0.29, 0.717) is 5.75 Å². The van der Waals surface area contributed by atoms with Crippen LogP contribution in [0.2, 0.25) is 0 Å². The maximum Gasteiger partial charge on any atom is 0.287 e. The summed E-state index contributed by atoms with van der Waals surface area (Å²) in [6.07, 6.45) is 2.08. The van der Waals surface area contributed by atoms with Gasteiger partial charge in [0.25, 0.3) is 11.3 Å². The second kappa shape index (κ2) is 6.58. The Bertz CT molecular complexity index is 311. The predicted molar refractivity (Wildman–Crippen MR) is 62.9 cm³/mol. The van der Waals surface area contributed by atoms with Gasteiger partial charge in [0, 0.05) is 6.54 Å². The third-order valence-corrected chi connectivity index (χ3v) is 2.73. The fraction of sp³-hybridized carbons (Fsp3) is 0.455. The van der Waals surface area contributed by atoms with Crippen LogP contribution in [0.15, 0.2) is 24.3 Å². The lowest BCUT2D eigenvalue weighted by Crippen LogP contribution is -2.22. The maximum absolute atomic E-state index is 11.3. The topological polar surface area (TPSA) is 38.3 Å². The average molecular weight is 227 g/mol. The van der Waals surface area contributed by atoms with Crippen molar-refractivity contribution in [2.75, 3.05) is 6.54 Å². The van der Waals surface area contributed by atoms with Crippen LogP contribution < -0.4 is 8.91 Å². The largest absolute Gasteiger partial charge is 0.389 e. The molecule has 3 nitrogen and oxygen atoms in total. The molecule has 1 aromatic carbocycles. The van der Waals surface area contributed by atoms with Crippen LogP contribution in [0.25, 0.3) is 0 Å². The van der Waals surface area contributed by atoms with Gasteiger partial charge in [0.1, 0.15) is 5.75 Å². The molecule has 1 rings (SSSR count). The van der Waals surface area contributed by atoms with Crippen molar-refractivity contribution in [1.29, 1.82) is 0 Å². The summed E-state index contributed by atoms with van der Waals surface area (Å²) in [5.74, 6) is 0.628. The molecule has 0 amide bonds. The van der Waals surface area contributed by atoms with Crippen LogP contribution in [-0.2, 0) is 11.3 Å². The van der Waals surface area contributed by atoms with Crippen molar-refractivity contribution in [3.63, 3.8) is 0 Å². The van der Waals surface area contributed by atoms with Gasteiger partial charge in [-0.1, -0.05) is 31.0 Å². The summed E-state index contributed by atoms with van der Waals surface area (Å²) >= 11 is -1.43. The Balaban J connectivity index is 2.34. The van der Waals surface area contributed by atoms with Gasteiger partial charge in [-0.25, -0.2) is 4.72 Å². The highest BCUT2D eigenvalue weighted by molar-refractivity contribution is 7.78. The van der Waals surface area contributed by atoms with Gasteiger partial charge in [-0.2, -0.15) is 4.21 Å². The van der Waals surface area contributed by atoms with Crippen molar-refractivity contribution in [3.8, 4) is 5.75 Å². The van der Waals surface area contributed by atoms with Gasteiger partial charge in [-0.3, -0.25) is 0 Å². The molecule has 84 valence electrons. The van der Waals surface area contributed by atoms with Crippen molar-refractivity contribution in [3.05, 3.63) is 29.8 Å². The second-order valence-electron chi connectivity index (χ2n) is 3.38. The molecular formula is C11H17NO2S. The normalized spacial score (nSPS) is 12.4. The summed E-state index contributed by atoms with van der Waals surface area (Å²) < 4.78 is 19.3. The molecule has 15 heavy (non-hydrogen) atoms. The monoisotopic (exact) mass is 227 g/mol. The molecule has 1 N–H and O–H groups in total. The molecule has 1 atom stereocenters. The minimum absolute atomic E-state index is 0.628. The number of aryl methyl sites for hydroxylation is 1. The Morgan fingerprint density at radius 3 is 2.60 bits per heavy atom. The molecule has 4 heteroatoms. The van der Waals surface area contributed by atoms with Crippen LogP contribution in [0.5, 0.6) is 5.75 Å². The first-order chi connectivity index (χ1) is 7.22. The van der Waals surface area contributed by atoms with E-state index in [2.05, 4.69) is 11.6 Å². The predicted octanol–water partition coefficient (Wildman–Crippen LogP) is 2.34. The van der Waals surface area contributed by atoms with E-state index < -0.39 is 11.3 Å². The van der Waals surface area contributed by atoms with E-state index in [4.69, 9.17) is 4.18 Å². The zero-order valence-corrected chi connectivity index (χ0v) is 9.97. The molecule has 1 aromatic rings. The van der Waals surface area contributed by atoms with Crippen LogP contribution in [0.1, 0.15) is 25.3 Å².